The van der Waals surface area contributed by atoms with Crippen LogP contribution in [0, 0.1) is 19.7 Å². The molecule has 1 atom stereocenters. The van der Waals surface area contributed by atoms with Gasteiger partial charge in [-0.1, -0.05) is 18.2 Å². The van der Waals surface area contributed by atoms with E-state index in [1.54, 1.807) is 23.9 Å². The molecule has 0 N–H and O–H groups in total. The molecule has 0 aliphatic carbocycles. The monoisotopic (exact) mass is 433 g/mol. The fourth-order valence-corrected chi connectivity index (χ4v) is 3.76. The minimum atomic E-state index is -0.332. The molecule has 0 saturated carbocycles. The van der Waals surface area contributed by atoms with Crippen molar-refractivity contribution in [2.45, 2.75) is 33.4 Å². The largest absolute Gasteiger partial charge is 0.337 e. The van der Waals surface area contributed by atoms with Crippen molar-refractivity contribution in [2.75, 3.05) is 7.05 Å². The number of benzene rings is 2. The third-order valence-corrected chi connectivity index (χ3v) is 5.64. The van der Waals surface area contributed by atoms with Gasteiger partial charge >= 0.3 is 0 Å². The highest BCUT2D eigenvalue weighted by atomic mass is 19.1. The number of amides is 1. The Labute approximate surface area is 184 Å². The predicted molar refractivity (Wildman–Crippen MR) is 120 cm³/mol. The third-order valence-electron chi connectivity index (χ3n) is 5.64. The van der Waals surface area contributed by atoms with Crippen molar-refractivity contribution < 1.29 is 9.18 Å². The maximum atomic E-state index is 13.2. The molecule has 32 heavy (non-hydrogen) atoms. The summed E-state index contributed by atoms with van der Waals surface area (Å²) >= 11 is 0. The highest BCUT2D eigenvalue weighted by Gasteiger charge is 2.20. The molecule has 0 radical (unpaired) electrons. The Hall–Kier alpha value is -3.81. The van der Waals surface area contributed by atoms with Crippen molar-refractivity contribution in [3.05, 3.63) is 87.9 Å². The van der Waals surface area contributed by atoms with E-state index in [-0.39, 0.29) is 29.9 Å². The molecule has 1 amide bonds. The van der Waals surface area contributed by atoms with E-state index in [1.165, 1.54) is 34.1 Å². The van der Waals surface area contributed by atoms with Crippen LogP contribution in [-0.2, 0) is 11.3 Å². The summed E-state index contributed by atoms with van der Waals surface area (Å²) in [6.07, 6.45) is 2.86. The summed E-state index contributed by atoms with van der Waals surface area (Å²) in [6.45, 7) is 5.69. The molecule has 1 unspecified atom stereocenters. The van der Waals surface area contributed by atoms with Crippen LogP contribution in [0.1, 0.15) is 29.7 Å². The van der Waals surface area contributed by atoms with Gasteiger partial charge in [-0.05, 0) is 61.7 Å². The summed E-state index contributed by atoms with van der Waals surface area (Å²) in [5.41, 5.74) is 3.91. The normalized spacial score (nSPS) is 12.2. The summed E-state index contributed by atoms with van der Waals surface area (Å²) < 4.78 is 16.1. The number of fused-ring (bicyclic) bond motifs is 1. The molecule has 4 aromatic rings. The fraction of sp³-hybridized carbons (Fsp3) is 0.250. The molecule has 7 nitrogen and oxygen atoms in total. The Balaban J connectivity index is 1.60. The second-order valence-corrected chi connectivity index (χ2v) is 8.05. The zero-order chi connectivity index (χ0) is 23.0. The van der Waals surface area contributed by atoms with Crippen LogP contribution >= 0.6 is 0 Å². The van der Waals surface area contributed by atoms with Crippen LogP contribution < -0.4 is 5.56 Å². The Morgan fingerprint density at radius 1 is 1.12 bits per heavy atom. The lowest BCUT2D eigenvalue weighted by Crippen LogP contribution is -2.35. The average Bonchev–Trinajstić information content (AvgIpc) is 3.19. The van der Waals surface area contributed by atoms with Crippen LogP contribution in [0.4, 0.5) is 4.39 Å². The van der Waals surface area contributed by atoms with Crippen LogP contribution in [0.2, 0.25) is 0 Å². The number of hydrogen-bond acceptors (Lipinski definition) is 4. The molecule has 2 heterocycles. The Bertz CT molecular complexity index is 1340. The molecule has 4 rings (SSSR count). The standard InChI is InChI=1S/C24H24FN5O2/c1-15-9-16(2)11-20(10-15)30-23-21(12-27-30)24(32)29(14-26-23)13-22(31)28(4)17(3)18-5-7-19(25)8-6-18/h5-12,14,17H,13H2,1-4H3. The molecule has 0 aliphatic heterocycles. The quantitative estimate of drug-likeness (QED) is 0.482. The van der Waals surface area contributed by atoms with E-state index < -0.39 is 0 Å². The molecule has 0 saturated heterocycles. The van der Waals surface area contributed by atoms with E-state index in [2.05, 4.69) is 16.1 Å². The number of hydrogen-bond donors (Lipinski definition) is 0. The predicted octanol–water partition coefficient (Wildman–Crippen LogP) is 3.56. The van der Waals surface area contributed by atoms with Crippen LogP contribution in [0.3, 0.4) is 0 Å². The molecule has 0 fully saturated rings. The molecule has 0 spiro atoms. The van der Waals surface area contributed by atoms with Crippen molar-refractivity contribution in [3.8, 4) is 5.69 Å². The van der Waals surface area contributed by atoms with Crippen molar-refractivity contribution in [2.24, 2.45) is 0 Å². The van der Waals surface area contributed by atoms with Gasteiger partial charge in [-0.15, -0.1) is 0 Å². The number of aryl methyl sites for hydroxylation is 2. The van der Waals surface area contributed by atoms with Gasteiger partial charge in [0.2, 0.25) is 5.91 Å². The zero-order valence-electron chi connectivity index (χ0n) is 18.4. The minimum absolute atomic E-state index is 0.154. The van der Waals surface area contributed by atoms with E-state index in [0.29, 0.717) is 11.0 Å². The molecular weight excluding hydrogens is 409 g/mol. The van der Waals surface area contributed by atoms with Crippen molar-refractivity contribution >= 4 is 16.9 Å². The van der Waals surface area contributed by atoms with Gasteiger partial charge in [0, 0.05) is 7.05 Å². The Kier molecular flexibility index (Phi) is 5.61. The number of halogens is 1. The number of rotatable bonds is 5. The van der Waals surface area contributed by atoms with Gasteiger partial charge in [0.25, 0.3) is 5.56 Å². The first-order chi connectivity index (χ1) is 15.2. The first-order valence-corrected chi connectivity index (χ1v) is 10.3. The average molecular weight is 433 g/mol. The number of aromatic nitrogens is 4. The molecule has 0 bridgehead atoms. The lowest BCUT2D eigenvalue weighted by Gasteiger charge is -2.25. The van der Waals surface area contributed by atoms with E-state index in [1.807, 2.05) is 32.9 Å². The van der Waals surface area contributed by atoms with Gasteiger partial charge in [0.15, 0.2) is 5.65 Å². The Morgan fingerprint density at radius 2 is 1.78 bits per heavy atom. The Morgan fingerprint density at radius 3 is 2.44 bits per heavy atom. The topological polar surface area (TPSA) is 73.0 Å². The first-order valence-electron chi connectivity index (χ1n) is 10.3. The summed E-state index contributed by atoms with van der Waals surface area (Å²) in [7, 11) is 1.66. The molecule has 8 heteroatoms. The van der Waals surface area contributed by atoms with E-state index in [9.17, 15) is 14.0 Å². The molecule has 2 aromatic heterocycles. The van der Waals surface area contributed by atoms with Gasteiger partial charge in [-0.2, -0.15) is 5.10 Å². The van der Waals surface area contributed by atoms with Crippen LogP contribution in [-0.4, -0.2) is 37.2 Å². The highest BCUT2D eigenvalue weighted by Crippen LogP contribution is 2.20. The van der Waals surface area contributed by atoms with Crippen molar-refractivity contribution in [3.63, 3.8) is 0 Å². The summed E-state index contributed by atoms with van der Waals surface area (Å²) in [4.78, 5) is 31.8. The fourth-order valence-electron chi connectivity index (χ4n) is 3.76. The second-order valence-electron chi connectivity index (χ2n) is 8.05. The summed E-state index contributed by atoms with van der Waals surface area (Å²) in [5, 5.41) is 4.70. The number of carbonyl (C=O) groups is 1. The highest BCUT2D eigenvalue weighted by molar-refractivity contribution is 5.78. The summed E-state index contributed by atoms with van der Waals surface area (Å²) in [6, 6.07) is 11.7. The van der Waals surface area contributed by atoms with Gasteiger partial charge in [0.05, 0.1) is 17.9 Å². The van der Waals surface area contributed by atoms with Gasteiger partial charge in [-0.25, -0.2) is 14.1 Å². The summed E-state index contributed by atoms with van der Waals surface area (Å²) in [5.74, 6) is -0.589. The molecule has 164 valence electrons. The minimum Gasteiger partial charge on any atom is -0.337 e. The lowest BCUT2D eigenvalue weighted by molar-refractivity contribution is -0.132. The second kappa shape index (κ2) is 8.37. The molecule has 2 aromatic carbocycles. The maximum absolute atomic E-state index is 13.2. The van der Waals surface area contributed by atoms with Gasteiger partial charge in [0.1, 0.15) is 24.1 Å². The molecular formula is C24H24FN5O2. The maximum Gasteiger partial charge on any atom is 0.264 e. The van der Waals surface area contributed by atoms with E-state index in [0.717, 1.165) is 22.4 Å². The number of nitrogens with zero attached hydrogens (tertiary/aromatic N) is 5. The van der Waals surface area contributed by atoms with Crippen LogP contribution in [0.5, 0.6) is 0 Å². The smallest absolute Gasteiger partial charge is 0.264 e. The molecule has 0 aliphatic rings. The van der Waals surface area contributed by atoms with Gasteiger partial charge in [-0.3, -0.25) is 14.2 Å². The van der Waals surface area contributed by atoms with Gasteiger partial charge < -0.3 is 4.90 Å². The van der Waals surface area contributed by atoms with Crippen molar-refractivity contribution in [1.29, 1.82) is 0 Å². The zero-order valence-corrected chi connectivity index (χ0v) is 18.4. The van der Waals surface area contributed by atoms with Crippen LogP contribution in [0.15, 0.2) is 59.8 Å². The number of likely N-dealkylation sites (N-methyl/N-ethyl adjacent to an activating group) is 1. The van der Waals surface area contributed by atoms with Crippen LogP contribution in [0.25, 0.3) is 16.7 Å². The lowest BCUT2D eigenvalue weighted by atomic mass is 10.1. The SMILES string of the molecule is Cc1cc(C)cc(-n2ncc3c(=O)n(CC(=O)N(C)C(C)c4ccc(F)cc4)cnc32)c1. The third kappa shape index (κ3) is 4.03. The van der Waals surface area contributed by atoms with E-state index >= 15 is 0 Å². The first kappa shape index (κ1) is 21.4. The van der Waals surface area contributed by atoms with Crippen molar-refractivity contribution in [1.82, 2.24) is 24.2 Å². The number of carbonyl (C=O) groups excluding carboxylic acids is 1. The van der Waals surface area contributed by atoms with E-state index in [4.69, 9.17) is 0 Å².